The van der Waals surface area contributed by atoms with E-state index in [1.807, 2.05) is 6.92 Å². The van der Waals surface area contributed by atoms with Crippen molar-refractivity contribution < 1.29 is 19.4 Å². The minimum absolute atomic E-state index is 0.236. The number of ether oxygens (including phenoxy) is 1. The first-order chi connectivity index (χ1) is 10.4. The third-order valence-corrected chi connectivity index (χ3v) is 5.83. The summed E-state index contributed by atoms with van der Waals surface area (Å²) in [4.78, 5) is 23.2. The van der Waals surface area contributed by atoms with Crippen molar-refractivity contribution >= 4 is 51.2 Å². The number of hydrogen-bond acceptors (Lipinski definition) is 6. The second-order valence-corrected chi connectivity index (χ2v) is 8.56. The number of rotatable bonds is 11. The molecule has 0 saturated heterocycles. The largest absolute Gasteiger partial charge is 0.481 e. The van der Waals surface area contributed by atoms with Crippen LogP contribution in [0.3, 0.4) is 0 Å². The summed E-state index contributed by atoms with van der Waals surface area (Å²) < 4.78 is 5.91. The van der Waals surface area contributed by atoms with Gasteiger partial charge in [0.15, 0.2) is 0 Å². The smallest absolute Gasteiger partial charge is 0.319 e. The summed E-state index contributed by atoms with van der Waals surface area (Å²) in [5.74, 6) is -0.935. The fourth-order valence-corrected chi connectivity index (χ4v) is 4.32. The van der Waals surface area contributed by atoms with Crippen LogP contribution in [-0.2, 0) is 14.3 Å². The molecule has 4 nitrogen and oxygen atoms in total. The minimum Gasteiger partial charge on any atom is -0.481 e. The Morgan fingerprint density at radius 2 is 1.86 bits per heavy atom. The van der Waals surface area contributed by atoms with Gasteiger partial charge in [0.2, 0.25) is 0 Å². The van der Waals surface area contributed by atoms with Gasteiger partial charge in [0.1, 0.15) is 8.78 Å². The van der Waals surface area contributed by atoms with Gasteiger partial charge in [-0.15, -0.1) is 11.8 Å². The highest BCUT2D eigenvalue weighted by Crippen LogP contribution is 2.28. The lowest BCUT2D eigenvalue weighted by Crippen LogP contribution is -2.26. The van der Waals surface area contributed by atoms with E-state index < -0.39 is 17.1 Å². The lowest BCUT2D eigenvalue weighted by molar-refractivity contribution is -0.144. The Kier molecular flexibility index (Phi) is 13.0. The van der Waals surface area contributed by atoms with Crippen LogP contribution in [0.15, 0.2) is 0 Å². The predicted molar refractivity (Wildman–Crippen MR) is 98.6 cm³/mol. The summed E-state index contributed by atoms with van der Waals surface area (Å²) in [6, 6.07) is 0. The molecule has 0 saturated carbocycles. The Bertz CT molecular complexity index is 361. The number of esters is 1. The fourth-order valence-electron chi connectivity index (χ4n) is 1.47. The molecule has 0 radical (unpaired) electrons. The molecule has 0 heterocycles. The first-order valence-corrected chi connectivity index (χ1v) is 9.92. The predicted octanol–water partition coefficient (Wildman–Crippen LogP) is 4.36. The van der Waals surface area contributed by atoms with Crippen LogP contribution >= 0.6 is 35.7 Å². The van der Waals surface area contributed by atoms with E-state index in [0.717, 1.165) is 31.4 Å². The summed E-state index contributed by atoms with van der Waals surface area (Å²) in [7, 11) is 0. The molecule has 0 aliphatic rings. The number of hydrogen-bond donors (Lipinski definition) is 1. The second kappa shape index (κ2) is 13.2. The Labute approximate surface area is 147 Å². The van der Waals surface area contributed by atoms with E-state index in [1.165, 1.54) is 11.8 Å². The Morgan fingerprint density at radius 3 is 2.41 bits per heavy atom. The molecule has 0 bridgehead atoms. The number of carbonyl (C=O) groups excluding carboxylic acids is 1. The zero-order chi connectivity index (χ0) is 17.0. The minimum atomic E-state index is -0.906. The topological polar surface area (TPSA) is 63.6 Å². The van der Waals surface area contributed by atoms with Crippen molar-refractivity contribution in [3.8, 4) is 0 Å². The van der Waals surface area contributed by atoms with Crippen LogP contribution in [0.25, 0.3) is 0 Å². The fraction of sp³-hybridized carbons (Fsp3) is 0.800. The average Bonchev–Trinajstić information content (AvgIpc) is 2.46. The van der Waals surface area contributed by atoms with Crippen LogP contribution in [0.1, 0.15) is 52.9 Å². The standard InChI is InChI=1S/C15H26O4S3/c1-4-6-8-19-14(18)12(10-11(3)13(16)17)22-15(20)21-9-7-5-2/h11-12H,4-10H2,1-3H3,(H,16,17). The van der Waals surface area contributed by atoms with Crippen molar-refractivity contribution in [3.63, 3.8) is 0 Å². The first kappa shape index (κ1) is 21.7. The van der Waals surface area contributed by atoms with E-state index in [-0.39, 0.29) is 12.4 Å². The van der Waals surface area contributed by atoms with E-state index in [0.29, 0.717) is 10.1 Å². The number of unbranched alkanes of at least 4 members (excludes halogenated alkanes) is 2. The van der Waals surface area contributed by atoms with E-state index in [4.69, 9.17) is 22.1 Å². The molecule has 0 rings (SSSR count). The number of thioether (sulfide) groups is 2. The highest BCUT2D eigenvalue weighted by atomic mass is 32.2. The van der Waals surface area contributed by atoms with Gasteiger partial charge in [-0.25, -0.2) is 0 Å². The van der Waals surface area contributed by atoms with Crippen molar-refractivity contribution in [1.82, 2.24) is 0 Å². The third kappa shape index (κ3) is 10.5. The van der Waals surface area contributed by atoms with E-state index in [1.54, 1.807) is 18.7 Å². The highest BCUT2D eigenvalue weighted by molar-refractivity contribution is 8.47. The van der Waals surface area contributed by atoms with Crippen molar-refractivity contribution in [2.24, 2.45) is 5.92 Å². The van der Waals surface area contributed by atoms with Crippen molar-refractivity contribution in [3.05, 3.63) is 0 Å². The number of carboxylic acids is 1. The van der Waals surface area contributed by atoms with Crippen LogP contribution in [0.2, 0.25) is 0 Å². The summed E-state index contributed by atoms with van der Waals surface area (Å²) in [6.07, 6.45) is 4.16. The monoisotopic (exact) mass is 366 g/mol. The molecule has 0 aromatic carbocycles. The lowest BCUT2D eigenvalue weighted by Gasteiger charge is -2.17. The van der Waals surface area contributed by atoms with E-state index in [9.17, 15) is 9.59 Å². The summed E-state index contributed by atoms with van der Waals surface area (Å²) in [6.45, 7) is 6.11. The Balaban J connectivity index is 4.53. The molecule has 2 atom stereocenters. The lowest BCUT2D eigenvalue weighted by atomic mass is 10.1. The van der Waals surface area contributed by atoms with Crippen molar-refractivity contribution in [2.45, 2.75) is 58.1 Å². The first-order valence-electron chi connectivity index (χ1n) is 7.65. The zero-order valence-corrected chi connectivity index (χ0v) is 16.0. The Hall–Kier alpha value is -0.270. The summed E-state index contributed by atoms with van der Waals surface area (Å²) >= 11 is 8.10. The number of carboxylic acid groups (broad SMARTS) is 1. The van der Waals surface area contributed by atoms with Crippen LogP contribution in [0, 0.1) is 5.92 Å². The quantitative estimate of drug-likeness (QED) is 0.331. The molecule has 0 aromatic heterocycles. The van der Waals surface area contributed by atoms with Gasteiger partial charge in [0, 0.05) is 0 Å². The van der Waals surface area contributed by atoms with Gasteiger partial charge in [-0.2, -0.15) is 0 Å². The maximum absolute atomic E-state index is 12.1. The summed E-state index contributed by atoms with van der Waals surface area (Å²) in [5, 5.41) is 8.50. The van der Waals surface area contributed by atoms with Gasteiger partial charge >= 0.3 is 11.9 Å². The van der Waals surface area contributed by atoms with Gasteiger partial charge in [-0.1, -0.05) is 57.6 Å². The average molecular weight is 367 g/mol. The number of aliphatic carboxylic acids is 1. The van der Waals surface area contributed by atoms with Crippen LogP contribution in [0.5, 0.6) is 0 Å². The molecule has 7 heteroatoms. The van der Waals surface area contributed by atoms with Crippen LogP contribution in [0.4, 0.5) is 0 Å². The molecule has 0 aliphatic heterocycles. The third-order valence-electron chi connectivity index (χ3n) is 2.95. The number of carbonyl (C=O) groups is 2. The molecule has 0 aromatic rings. The maximum Gasteiger partial charge on any atom is 0.319 e. The van der Waals surface area contributed by atoms with Gasteiger partial charge in [0.05, 0.1) is 12.5 Å². The molecule has 22 heavy (non-hydrogen) atoms. The molecule has 2 unspecified atom stereocenters. The van der Waals surface area contributed by atoms with Gasteiger partial charge in [-0.3, -0.25) is 9.59 Å². The van der Waals surface area contributed by atoms with Crippen molar-refractivity contribution in [1.29, 1.82) is 0 Å². The van der Waals surface area contributed by atoms with Gasteiger partial charge in [0.25, 0.3) is 0 Å². The Morgan fingerprint density at radius 1 is 1.23 bits per heavy atom. The molecule has 0 spiro atoms. The molecular formula is C15H26O4S3. The van der Waals surface area contributed by atoms with Crippen LogP contribution in [-0.4, -0.2) is 38.2 Å². The SMILES string of the molecule is CCCCOC(=O)C(CC(C)C(=O)O)SC(=S)SCCCC. The second-order valence-electron chi connectivity index (χ2n) is 5.05. The van der Waals surface area contributed by atoms with Crippen LogP contribution < -0.4 is 0 Å². The zero-order valence-electron chi connectivity index (χ0n) is 13.5. The normalized spacial score (nSPS) is 13.4. The van der Waals surface area contributed by atoms with E-state index in [2.05, 4.69) is 6.92 Å². The van der Waals surface area contributed by atoms with E-state index >= 15 is 0 Å². The molecule has 0 aliphatic carbocycles. The molecular weight excluding hydrogens is 340 g/mol. The maximum atomic E-state index is 12.1. The number of thiocarbonyl (C=S) groups is 1. The molecule has 0 amide bonds. The molecule has 1 N–H and O–H groups in total. The molecule has 0 fully saturated rings. The van der Waals surface area contributed by atoms with Crippen molar-refractivity contribution in [2.75, 3.05) is 12.4 Å². The van der Waals surface area contributed by atoms with Gasteiger partial charge in [-0.05, 0) is 25.0 Å². The summed E-state index contributed by atoms with van der Waals surface area (Å²) in [5.41, 5.74) is 0. The highest BCUT2D eigenvalue weighted by Gasteiger charge is 2.27. The molecule has 128 valence electrons. The van der Waals surface area contributed by atoms with Gasteiger partial charge < -0.3 is 9.84 Å².